The number of nitrogens with zero attached hydrogens (tertiary/aromatic N) is 1. The van der Waals surface area contributed by atoms with Gasteiger partial charge in [-0.1, -0.05) is 72.3 Å². The van der Waals surface area contributed by atoms with E-state index in [4.69, 9.17) is 4.74 Å². The van der Waals surface area contributed by atoms with E-state index >= 15 is 0 Å². The molecule has 1 aliphatic carbocycles. The standard InChI is InChI=1S/C34H30N2O3/c1-22-12-14-24(15-13-22)33-32-29(20-26(21-31(32)37)23-16-18-27(39-2)19-17-23)35-28-10-6-7-11-30(28)36(33)34(38)25-8-4-3-5-9-25/h3-19,26,33,35H,20-21H2,1-2H3/t26-,33+/m0/s1. The number of carbonyl (C=O) groups excluding carboxylic acids is 2. The average molecular weight is 515 g/mol. The Kier molecular flexibility index (Phi) is 6.49. The van der Waals surface area contributed by atoms with Gasteiger partial charge in [-0.2, -0.15) is 0 Å². The zero-order valence-corrected chi connectivity index (χ0v) is 22.1. The van der Waals surface area contributed by atoms with E-state index in [2.05, 4.69) is 5.32 Å². The van der Waals surface area contributed by atoms with Gasteiger partial charge >= 0.3 is 0 Å². The van der Waals surface area contributed by atoms with Crippen molar-refractivity contribution in [2.24, 2.45) is 0 Å². The summed E-state index contributed by atoms with van der Waals surface area (Å²) in [7, 11) is 1.65. The average Bonchev–Trinajstić information content (AvgIpc) is 3.12. The molecule has 2 atom stereocenters. The quantitative estimate of drug-likeness (QED) is 0.312. The van der Waals surface area contributed by atoms with Crippen LogP contribution in [0.1, 0.15) is 51.8 Å². The number of ether oxygens (including phenoxy) is 1. The predicted molar refractivity (Wildman–Crippen MR) is 154 cm³/mol. The summed E-state index contributed by atoms with van der Waals surface area (Å²) in [5.41, 5.74) is 6.79. The first-order chi connectivity index (χ1) is 19.0. The summed E-state index contributed by atoms with van der Waals surface area (Å²) >= 11 is 0. The molecule has 5 nitrogen and oxygen atoms in total. The van der Waals surface area contributed by atoms with Gasteiger partial charge < -0.3 is 10.1 Å². The number of Topliss-reactive ketones (excluding diaryl/α,β-unsaturated/α-hetero) is 1. The smallest absolute Gasteiger partial charge is 0.259 e. The highest BCUT2D eigenvalue weighted by molar-refractivity contribution is 6.12. The van der Waals surface area contributed by atoms with E-state index in [1.807, 2.05) is 110 Å². The van der Waals surface area contributed by atoms with Crippen molar-refractivity contribution in [3.8, 4) is 5.75 Å². The van der Waals surface area contributed by atoms with Gasteiger partial charge in [0.2, 0.25) is 0 Å². The van der Waals surface area contributed by atoms with Crippen LogP contribution in [0.3, 0.4) is 0 Å². The van der Waals surface area contributed by atoms with E-state index in [9.17, 15) is 9.59 Å². The molecule has 0 fully saturated rings. The molecule has 0 spiro atoms. The SMILES string of the molecule is COc1ccc([C@@H]2CC(=O)C3=C(C2)Nc2ccccc2N(C(=O)c2ccccc2)[C@@H]3c2ccc(C)cc2)cc1. The second-order valence-corrected chi connectivity index (χ2v) is 10.2. The Labute approximate surface area is 228 Å². The Morgan fingerprint density at radius 1 is 0.821 bits per heavy atom. The van der Waals surface area contributed by atoms with Crippen LogP contribution in [0.25, 0.3) is 0 Å². The number of hydrogen-bond donors (Lipinski definition) is 1. The molecule has 0 saturated carbocycles. The lowest BCUT2D eigenvalue weighted by atomic mass is 9.78. The van der Waals surface area contributed by atoms with Crippen LogP contribution in [0.2, 0.25) is 0 Å². The van der Waals surface area contributed by atoms with E-state index in [0.717, 1.165) is 39.5 Å². The monoisotopic (exact) mass is 514 g/mol. The third-order valence-corrected chi connectivity index (χ3v) is 7.71. The lowest BCUT2D eigenvalue weighted by Gasteiger charge is -2.35. The van der Waals surface area contributed by atoms with Crippen LogP contribution in [-0.2, 0) is 4.79 Å². The molecule has 0 unspecified atom stereocenters. The summed E-state index contributed by atoms with van der Waals surface area (Å²) in [5, 5.41) is 3.60. The number of aryl methyl sites for hydroxylation is 1. The number of carbonyl (C=O) groups is 2. The maximum atomic E-state index is 14.2. The van der Waals surface area contributed by atoms with Crippen molar-refractivity contribution in [2.45, 2.75) is 31.7 Å². The molecular weight excluding hydrogens is 484 g/mol. The highest BCUT2D eigenvalue weighted by Gasteiger charge is 2.41. The third-order valence-electron chi connectivity index (χ3n) is 7.71. The Hall–Kier alpha value is -4.64. The highest BCUT2D eigenvalue weighted by atomic mass is 16.5. The number of ketones is 1. The molecule has 39 heavy (non-hydrogen) atoms. The van der Waals surface area contributed by atoms with E-state index in [1.54, 1.807) is 12.0 Å². The van der Waals surface area contributed by atoms with Gasteiger partial charge in [0.1, 0.15) is 5.75 Å². The van der Waals surface area contributed by atoms with Crippen LogP contribution in [0.15, 0.2) is 114 Å². The Balaban J connectivity index is 1.53. The van der Waals surface area contributed by atoms with Crippen LogP contribution in [0.5, 0.6) is 5.75 Å². The number of amides is 1. The first-order valence-corrected chi connectivity index (χ1v) is 13.2. The minimum atomic E-state index is -0.561. The first kappa shape index (κ1) is 24.7. The van der Waals surface area contributed by atoms with Crippen molar-refractivity contribution in [1.82, 2.24) is 0 Å². The number of fused-ring (bicyclic) bond motifs is 1. The van der Waals surface area contributed by atoms with Crippen molar-refractivity contribution in [1.29, 1.82) is 0 Å². The molecule has 194 valence electrons. The lowest BCUT2D eigenvalue weighted by molar-refractivity contribution is -0.116. The fourth-order valence-electron chi connectivity index (χ4n) is 5.71. The van der Waals surface area contributed by atoms with Gasteiger partial charge in [-0.05, 0) is 66.8 Å². The van der Waals surface area contributed by atoms with Crippen LogP contribution >= 0.6 is 0 Å². The molecule has 1 heterocycles. The van der Waals surface area contributed by atoms with E-state index in [-0.39, 0.29) is 17.6 Å². The summed E-state index contributed by atoms with van der Waals surface area (Å²) in [6.45, 7) is 2.04. The Morgan fingerprint density at radius 3 is 2.21 bits per heavy atom. The summed E-state index contributed by atoms with van der Waals surface area (Å²) in [4.78, 5) is 30.2. The normalized spacial score (nSPS) is 18.5. The highest BCUT2D eigenvalue weighted by Crippen LogP contribution is 2.48. The Morgan fingerprint density at radius 2 is 1.49 bits per heavy atom. The fraction of sp³-hybridized carbons (Fsp3) is 0.176. The van der Waals surface area contributed by atoms with Crippen molar-refractivity contribution >= 4 is 23.1 Å². The number of rotatable bonds is 4. The Bertz CT molecular complexity index is 1560. The van der Waals surface area contributed by atoms with Crippen LogP contribution in [-0.4, -0.2) is 18.8 Å². The second kappa shape index (κ2) is 10.3. The van der Waals surface area contributed by atoms with Gasteiger partial charge in [0, 0.05) is 23.3 Å². The van der Waals surface area contributed by atoms with Crippen LogP contribution in [0.4, 0.5) is 11.4 Å². The molecule has 5 heteroatoms. The summed E-state index contributed by atoms with van der Waals surface area (Å²) in [6, 6.07) is 32.6. The number of allylic oxidation sites excluding steroid dienone is 1. The van der Waals surface area contributed by atoms with E-state index in [0.29, 0.717) is 24.0 Å². The molecule has 4 aromatic rings. The minimum absolute atomic E-state index is 0.0249. The lowest BCUT2D eigenvalue weighted by Crippen LogP contribution is -2.38. The maximum Gasteiger partial charge on any atom is 0.259 e. The molecule has 1 amide bonds. The topological polar surface area (TPSA) is 58.6 Å². The molecule has 1 N–H and O–H groups in total. The van der Waals surface area contributed by atoms with Gasteiger partial charge in [0.25, 0.3) is 5.91 Å². The number of benzene rings is 4. The van der Waals surface area contributed by atoms with Gasteiger partial charge in [0.15, 0.2) is 5.78 Å². The molecule has 0 radical (unpaired) electrons. The molecule has 0 aromatic heterocycles. The molecule has 1 aliphatic heterocycles. The molecule has 6 rings (SSSR count). The van der Waals surface area contributed by atoms with Gasteiger partial charge in [-0.3, -0.25) is 14.5 Å². The van der Waals surface area contributed by atoms with Crippen molar-refractivity contribution in [2.75, 3.05) is 17.3 Å². The molecular formula is C34H30N2O3. The molecule has 4 aromatic carbocycles. The van der Waals surface area contributed by atoms with Crippen LogP contribution < -0.4 is 15.0 Å². The summed E-state index contributed by atoms with van der Waals surface area (Å²) in [6.07, 6.45) is 1.04. The van der Waals surface area contributed by atoms with E-state index in [1.165, 1.54) is 0 Å². The first-order valence-electron chi connectivity index (χ1n) is 13.2. The number of para-hydroxylation sites is 2. The number of hydrogen-bond acceptors (Lipinski definition) is 4. The number of anilines is 2. The molecule has 2 aliphatic rings. The number of methoxy groups -OCH3 is 1. The molecule has 0 saturated heterocycles. The number of nitrogens with one attached hydrogen (secondary N) is 1. The van der Waals surface area contributed by atoms with E-state index < -0.39 is 6.04 Å². The zero-order valence-electron chi connectivity index (χ0n) is 22.1. The molecule has 0 bridgehead atoms. The predicted octanol–water partition coefficient (Wildman–Crippen LogP) is 7.22. The van der Waals surface area contributed by atoms with Crippen molar-refractivity contribution < 1.29 is 14.3 Å². The second-order valence-electron chi connectivity index (χ2n) is 10.2. The minimum Gasteiger partial charge on any atom is -0.497 e. The van der Waals surface area contributed by atoms with Crippen LogP contribution in [0, 0.1) is 6.92 Å². The van der Waals surface area contributed by atoms with Crippen molar-refractivity contribution in [3.05, 3.63) is 137 Å². The zero-order chi connectivity index (χ0) is 26.9. The van der Waals surface area contributed by atoms with Gasteiger partial charge in [-0.15, -0.1) is 0 Å². The largest absolute Gasteiger partial charge is 0.497 e. The van der Waals surface area contributed by atoms with Gasteiger partial charge in [-0.25, -0.2) is 0 Å². The van der Waals surface area contributed by atoms with Crippen molar-refractivity contribution in [3.63, 3.8) is 0 Å². The third kappa shape index (κ3) is 4.61. The van der Waals surface area contributed by atoms with Gasteiger partial charge in [0.05, 0.1) is 24.5 Å². The summed E-state index contributed by atoms with van der Waals surface area (Å²) < 4.78 is 5.34. The fourth-order valence-corrected chi connectivity index (χ4v) is 5.71. The maximum absolute atomic E-state index is 14.2. The summed E-state index contributed by atoms with van der Waals surface area (Å²) in [5.74, 6) is 0.719.